The first-order valence-corrected chi connectivity index (χ1v) is 5.50. The third kappa shape index (κ3) is 2.82. The van der Waals surface area contributed by atoms with Crippen LogP contribution >= 0.6 is 0 Å². The zero-order chi connectivity index (χ0) is 12.1. The summed E-state index contributed by atoms with van der Waals surface area (Å²) in [7, 11) is 3.77. The van der Waals surface area contributed by atoms with E-state index < -0.39 is 0 Å². The molecule has 0 spiro atoms. The molecule has 90 valence electrons. The Morgan fingerprint density at radius 1 is 1.56 bits per heavy atom. The van der Waals surface area contributed by atoms with Crippen molar-refractivity contribution in [2.45, 2.75) is 19.9 Å². The van der Waals surface area contributed by atoms with E-state index in [9.17, 15) is 4.79 Å². The van der Waals surface area contributed by atoms with E-state index in [1.54, 1.807) is 17.0 Å². The molecule has 0 radical (unpaired) electrons. The van der Waals surface area contributed by atoms with Gasteiger partial charge in [-0.1, -0.05) is 0 Å². The molecular formula is C11H20N4O. The topological polar surface area (TPSA) is 50.2 Å². The van der Waals surface area contributed by atoms with Crippen LogP contribution in [-0.4, -0.2) is 36.7 Å². The van der Waals surface area contributed by atoms with Crippen molar-refractivity contribution in [3.8, 4) is 0 Å². The lowest BCUT2D eigenvalue weighted by atomic mass is 10.4. The number of nitrogens with zero attached hydrogens (tertiary/aromatic N) is 3. The molecule has 0 amide bonds. The first-order chi connectivity index (χ1) is 7.57. The molecule has 5 heteroatoms. The minimum atomic E-state index is -0.0314. The molecule has 1 N–H and O–H groups in total. The fourth-order valence-corrected chi connectivity index (χ4v) is 1.47. The summed E-state index contributed by atoms with van der Waals surface area (Å²) in [5.74, 6) is 0.506. The first-order valence-electron chi connectivity index (χ1n) is 5.50. The largest absolute Gasteiger partial charge is 0.354 e. The van der Waals surface area contributed by atoms with Crippen molar-refractivity contribution in [2.75, 3.05) is 32.1 Å². The Morgan fingerprint density at radius 3 is 2.81 bits per heavy atom. The summed E-state index contributed by atoms with van der Waals surface area (Å²) < 4.78 is 1.69. The van der Waals surface area contributed by atoms with Crippen molar-refractivity contribution in [3.63, 3.8) is 0 Å². The van der Waals surface area contributed by atoms with Crippen molar-refractivity contribution in [2.24, 2.45) is 0 Å². The molecule has 1 rings (SSSR count). The molecule has 0 aromatic carbocycles. The summed E-state index contributed by atoms with van der Waals surface area (Å²) in [5.41, 5.74) is -0.0314. The van der Waals surface area contributed by atoms with Gasteiger partial charge in [0, 0.05) is 38.6 Å². The van der Waals surface area contributed by atoms with Crippen molar-refractivity contribution in [1.82, 2.24) is 14.9 Å². The van der Waals surface area contributed by atoms with Crippen LogP contribution in [0.1, 0.15) is 19.9 Å². The Bertz CT molecular complexity index is 386. The Hall–Kier alpha value is -1.36. The van der Waals surface area contributed by atoms with Gasteiger partial charge in [-0.15, -0.1) is 0 Å². The maximum atomic E-state index is 12.1. The van der Waals surface area contributed by atoms with E-state index in [-0.39, 0.29) is 11.6 Å². The van der Waals surface area contributed by atoms with Gasteiger partial charge in [0.15, 0.2) is 5.82 Å². The maximum absolute atomic E-state index is 12.1. The van der Waals surface area contributed by atoms with Crippen LogP contribution in [0.4, 0.5) is 5.82 Å². The van der Waals surface area contributed by atoms with Crippen molar-refractivity contribution < 1.29 is 0 Å². The van der Waals surface area contributed by atoms with Crippen LogP contribution in [0.3, 0.4) is 0 Å². The predicted molar refractivity (Wildman–Crippen MR) is 66.1 cm³/mol. The van der Waals surface area contributed by atoms with Crippen LogP contribution in [0, 0.1) is 0 Å². The van der Waals surface area contributed by atoms with Gasteiger partial charge in [-0.3, -0.25) is 4.79 Å². The van der Waals surface area contributed by atoms with Crippen LogP contribution in [-0.2, 0) is 0 Å². The van der Waals surface area contributed by atoms with Crippen LogP contribution in [0.2, 0.25) is 0 Å². The van der Waals surface area contributed by atoms with E-state index in [1.807, 2.05) is 32.8 Å². The Labute approximate surface area is 96.1 Å². The van der Waals surface area contributed by atoms with Crippen molar-refractivity contribution >= 4 is 5.82 Å². The summed E-state index contributed by atoms with van der Waals surface area (Å²) in [6.45, 7) is 5.56. The molecule has 0 bridgehead atoms. The van der Waals surface area contributed by atoms with Gasteiger partial charge in [0.1, 0.15) is 0 Å². The highest BCUT2D eigenvalue weighted by molar-refractivity contribution is 5.34. The van der Waals surface area contributed by atoms with Crippen LogP contribution in [0.5, 0.6) is 0 Å². The number of rotatable bonds is 5. The Balaban J connectivity index is 2.96. The van der Waals surface area contributed by atoms with Crippen molar-refractivity contribution in [3.05, 3.63) is 22.7 Å². The van der Waals surface area contributed by atoms with E-state index in [0.717, 1.165) is 13.1 Å². The molecule has 0 aliphatic carbocycles. The van der Waals surface area contributed by atoms with Crippen LogP contribution < -0.4 is 15.8 Å². The van der Waals surface area contributed by atoms with Gasteiger partial charge >= 0.3 is 0 Å². The zero-order valence-corrected chi connectivity index (χ0v) is 10.4. The SMILES string of the molecule is CNCCN(C)c1nccn(C(C)C)c1=O. The quantitative estimate of drug-likeness (QED) is 0.790. The molecule has 0 unspecified atom stereocenters. The van der Waals surface area contributed by atoms with E-state index in [1.165, 1.54) is 0 Å². The molecule has 1 heterocycles. The summed E-state index contributed by atoms with van der Waals surface area (Å²) in [6.07, 6.45) is 3.40. The number of anilines is 1. The highest BCUT2D eigenvalue weighted by Gasteiger charge is 2.10. The van der Waals surface area contributed by atoms with Gasteiger partial charge in [0.25, 0.3) is 5.56 Å². The monoisotopic (exact) mass is 224 g/mol. The molecule has 0 aliphatic rings. The van der Waals surface area contributed by atoms with Gasteiger partial charge in [0.2, 0.25) is 0 Å². The van der Waals surface area contributed by atoms with E-state index >= 15 is 0 Å². The van der Waals surface area contributed by atoms with Gasteiger partial charge in [-0.2, -0.15) is 0 Å². The lowest BCUT2D eigenvalue weighted by Crippen LogP contribution is -2.34. The maximum Gasteiger partial charge on any atom is 0.293 e. The molecule has 0 atom stereocenters. The Kier molecular flexibility index (Phi) is 4.49. The smallest absolute Gasteiger partial charge is 0.293 e. The number of hydrogen-bond donors (Lipinski definition) is 1. The summed E-state index contributed by atoms with van der Waals surface area (Å²) >= 11 is 0. The second-order valence-electron chi connectivity index (χ2n) is 4.08. The fraction of sp³-hybridized carbons (Fsp3) is 0.636. The average Bonchev–Trinajstić information content (AvgIpc) is 2.25. The molecule has 5 nitrogen and oxygen atoms in total. The number of likely N-dealkylation sites (N-methyl/N-ethyl adjacent to an activating group) is 2. The molecule has 16 heavy (non-hydrogen) atoms. The molecule has 0 aliphatic heterocycles. The van der Waals surface area contributed by atoms with Crippen LogP contribution in [0.25, 0.3) is 0 Å². The molecule has 0 saturated heterocycles. The number of hydrogen-bond acceptors (Lipinski definition) is 4. The standard InChI is InChI=1S/C11H20N4O/c1-9(2)15-8-6-13-10(11(15)16)14(4)7-5-12-3/h6,8-9,12H,5,7H2,1-4H3. The summed E-state index contributed by atoms with van der Waals surface area (Å²) in [4.78, 5) is 18.1. The number of aromatic nitrogens is 2. The predicted octanol–water partition coefficient (Wildman–Crippen LogP) is 0.480. The lowest BCUT2D eigenvalue weighted by Gasteiger charge is -2.19. The average molecular weight is 224 g/mol. The second-order valence-corrected chi connectivity index (χ2v) is 4.08. The molecule has 0 fully saturated rings. The lowest BCUT2D eigenvalue weighted by molar-refractivity contribution is 0.572. The minimum absolute atomic E-state index is 0.0314. The zero-order valence-electron chi connectivity index (χ0n) is 10.4. The van der Waals surface area contributed by atoms with E-state index in [2.05, 4.69) is 10.3 Å². The normalized spacial score (nSPS) is 10.8. The van der Waals surface area contributed by atoms with Gasteiger partial charge in [-0.05, 0) is 20.9 Å². The van der Waals surface area contributed by atoms with Gasteiger partial charge in [-0.25, -0.2) is 4.98 Å². The van der Waals surface area contributed by atoms with Crippen molar-refractivity contribution in [1.29, 1.82) is 0 Å². The summed E-state index contributed by atoms with van der Waals surface area (Å²) in [6, 6.07) is 0.159. The number of nitrogens with one attached hydrogen (secondary N) is 1. The third-order valence-electron chi connectivity index (χ3n) is 2.47. The highest BCUT2D eigenvalue weighted by atomic mass is 16.1. The molecule has 1 aromatic rings. The van der Waals surface area contributed by atoms with Crippen LogP contribution in [0.15, 0.2) is 17.2 Å². The molecule has 1 aromatic heterocycles. The van der Waals surface area contributed by atoms with E-state index in [4.69, 9.17) is 0 Å². The second kappa shape index (κ2) is 5.65. The Morgan fingerprint density at radius 2 is 2.25 bits per heavy atom. The van der Waals surface area contributed by atoms with E-state index in [0.29, 0.717) is 5.82 Å². The molecular weight excluding hydrogens is 204 g/mol. The first kappa shape index (κ1) is 12.7. The highest BCUT2D eigenvalue weighted by Crippen LogP contribution is 2.04. The third-order valence-corrected chi connectivity index (χ3v) is 2.47. The summed E-state index contributed by atoms with van der Waals surface area (Å²) in [5, 5.41) is 3.05. The fourth-order valence-electron chi connectivity index (χ4n) is 1.47. The van der Waals surface area contributed by atoms with Gasteiger partial charge < -0.3 is 14.8 Å². The molecule has 0 saturated carbocycles. The van der Waals surface area contributed by atoms with Gasteiger partial charge in [0.05, 0.1) is 0 Å². The minimum Gasteiger partial charge on any atom is -0.354 e.